The van der Waals surface area contributed by atoms with Crippen molar-refractivity contribution in [3.8, 4) is 22.3 Å². The van der Waals surface area contributed by atoms with E-state index in [1.165, 1.54) is 11.3 Å². The average molecular weight is 453 g/mol. The molecular formula is C23H28N6O2S. The smallest absolute Gasteiger partial charge is 0.261 e. The van der Waals surface area contributed by atoms with Gasteiger partial charge in [0.25, 0.3) is 5.91 Å². The second kappa shape index (κ2) is 8.84. The molecule has 1 aliphatic rings. The first-order valence-electron chi connectivity index (χ1n) is 10.4. The summed E-state index contributed by atoms with van der Waals surface area (Å²) in [5.74, 6) is -0.0119. The minimum absolute atomic E-state index is 0. The van der Waals surface area contributed by atoms with E-state index in [2.05, 4.69) is 25.6 Å². The summed E-state index contributed by atoms with van der Waals surface area (Å²) in [6, 6.07) is 1.88. The highest BCUT2D eigenvalue weighted by Crippen LogP contribution is 2.33. The summed E-state index contributed by atoms with van der Waals surface area (Å²) < 4.78 is 1.74. The van der Waals surface area contributed by atoms with Crippen LogP contribution < -0.4 is 5.32 Å². The number of nitrogens with zero attached hydrogens (tertiary/aromatic N) is 4. The lowest BCUT2D eigenvalue weighted by molar-refractivity contribution is -0.0301. The van der Waals surface area contributed by atoms with E-state index in [0.717, 1.165) is 53.6 Å². The van der Waals surface area contributed by atoms with Crippen LogP contribution in [0.2, 0.25) is 0 Å². The summed E-state index contributed by atoms with van der Waals surface area (Å²) in [4.78, 5) is 17.9. The molecule has 0 unspecified atom stereocenters. The summed E-state index contributed by atoms with van der Waals surface area (Å²) in [6.07, 6.45) is 12.9. The fourth-order valence-electron chi connectivity index (χ4n) is 4.25. The molecule has 4 heterocycles. The van der Waals surface area contributed by atoms with Gasteiger partial charge in [-0.1, -0.05) is 20.3 Å². The SMILES string of the molecule is C.C[C@@]1(O)CCCC[C@@H]1CNC(=O)c1cc(-c2cnn3cc(-c4cn[nH]c4)cnc23)cs1. The van der Waals surface area contributed by atoms with Crippen LogP contribution in [0.1, 0.15) is 49.7 Å². The number of hydrogen-bond acceptors (Lipinski definition) is 6. The zero-order chi connectivity index (χ0) is 21.4. The maximum atomic E-state index is 12.7. The molecule has 9 heteroatoms. The molecule has 8 nitrogen and oxygen atoms in total. The lowest BCUT2D eigenvalue weighted by atomic mass is 9.76. The van der Waals surface area contributed by atoms with Crippen LogP contribution >= 0.6 is 11.3 Å². The molecule has 3 N–H and O–H groups in total. The summed E-state index contributed by atoms with van der Waals surface area (Å²) >= 11 is 1.40. The number of thiophene rings is 1. The quantitative estimate of drug-likeness (QED) is 0.421. The highest BCUT2D eigenvalue weighted by Gasteiger charge is 2.34. The van der Waals surface area contributed by atoms with E-state index in [1.54, 1.807) is 23.1 Å². The second-order valence-corrected chi connectivity index (χ2v) is 9.28. The molecule has 0 radical (unpaired) electrons. The van der Waals surface area contributed by atoms with Gasteiger partial charge in [0, 0.05) is 47.7 Å². The van der Waals surface area contributed by atoms with Crippen molar-refractivity contribution < 1.29 is 9.90 Å². The van der Waals surface area contributed by atoms with Crippen LogP contribution in [0.4, 0.5) is 0 Å². The molecule has 168 valence electrons. The monoisotopic (exact) mass is 452 g/mol. The van der Waals surface area contributed by atoms with Crippen molar-refractivity contribution in [1.82, 2.24) is 30.1 Å². The van der Waals surface area contributed by atoms with E-state index in [9.17, 15) is 9.90 Å². The van der Waals surface area contributed by atoms with Gasteiger partial charge in [-0.15, -0.1) is 11.3 Å². The van der Waals surface area contributed by atoms with Crippen molar-refractivity contribution in [3.63, 3.8) is 0 Å². The van der Waals surface area contributed by atoms with Crippen LogP contribution in [0, 0.1) is 5.92 Å². The largest absolute Gasteiger partial charge is 0.390 e. The molecule has 1 saturated carbocycles. The summed E-state index contributed by atoms with van der Waals surface area (Å²) in [5.41, 5.74) is 3.68. The molecule has 0 bridgehead atoms. The highest BCUT2D eigenvalue weighted by molar-refractivity contribution is 7.12. The van der Waals surface area contributed by atoms with E-state index >= 15 is 0 Å². The molecule has 32 heavy (non-hydrogen) atoms. The molecule has 0 spiro atoms. The molecule has 1 fully saturated rings. The Kier molecular flexibility index (Phi) is 6.12. The molecule has 0 aliphatic heterocycles. The first-order valence-corrected chi connectivity index (χ1v) is 11.3. The van der Waals surface area contributed by atoms with E-state index in [-0.39, 0.29) is 19.3 Å². The van der Waals surface area contributed by atoms with E-state index in [4.69, 9.17) is 0 Å². The molecule has 0 aromatic carbocycles. The van der Waals surface area contributed by atoms with Crippen LogP contribution in [0.15, 0.2) is 42.4 Å². The van der Waals surface area contributed by atoms with Gasteiger partial charge in [-0.3, -0.25) is 9.89 Å². The zero-order valence-electron chi connectivity index (χ0n) is 17.2. The van der Waals surface area contributed by atoms with Crippen LogP contribution in [0.25, 0.3) is 27.9 Å². The molecule has 2 atom stereocenters. The number of aromatic nitrogens is 5. The number of amides is 1. The summed E-state index contributed by atoms with van der Waals surface area (Å²) in [6.45, 7) is 2.37. The fraction of sp³-hybridized carbons (Fsp3) is 0.391. The topological polar surface area (TPSA) is 108 Å². The normalized spacial score (nSPS) is 20.8. The van der Waals surface area contributed by atoms with Gasteiger partial charge in [0.2, 0.25) is 0 Å². The van der Waals surface area contributed by atoms with Crippen LogP contribution in [-0.4, -0.2) is 48.0 Å². The van der Waals surface area contributed by atoms with Crippen LogP contribution in [-0.2, 0) is 0 Å². The van der Waals surface area contributed by atoms with Crippen molar-refractivity contribution in [2.75, 3.05) is 6.54 Å². The molecule has 4 aromatic rings. The van der Waals surface area contributed by atoms with Gasteiger partial charge in [-0.05, 0) is 36.8 Å². The van der Waals surface area contributed by atoms with Gasteiger partial charge in [-0.2, -0.15) is 10.2 Å². The predicted molar refractivity (Wildman–Crippen MR) is 126 cm³/mol. The number of fused-ring (bicyclic) bond motifs is 1. The first-order chi connectivity index (χ1) is 15.0. The summed E-state index contributed by atoms with van der Waals surface area (Å²) in [7, 11) is 0. The molecule has 4 aromatic heterocycles. The van der Waals surface area contributed by atoms with Gasteiger partial charge in [0.15, 0.2) is 5.65 Å². The van der Waals surface area contributed by atoms with Crippen molar-refractivity contribution >= 4 is 22.9 Å². The van der Waals surface area contributed by atoms with Crippen molar-refractivity contribution in [1.29, 1.82) is 0 Å². The fourth-order valence-corrected chi connectivity index (χ4v) is 5.07. The maximum Gasteiger partial charge on any atom is 0.261 e. The predicted octanol–water partition coefficient (Wildman–Crippen LogP) is 4.16. The third-order valence-corrected chi connectivity index (χ3v) is 7.13. The lowest BCUT2D eigenvalue weighted by Gasteiger charge is -2.37. The van der Waals surface area contributed by atoms with Gasteiger partial charge in [0.1, 0.15) is 0 Å². The number of H-pyrrole nitrogens is 1. The molecule has 5 rings (SSSR count). The average Bonchev–Trinajstić information content (AvgIpc) is 3.52. The van der Waals surface area contributed by atoms with Crippen molar-refractivity contribution in [2.24, 2.45) is 5.92 Å². The van der Waals surface area contributed by atoms with E-state index in [0.29, 0.717) is 11.4 Å². The van der Waals surface area contributed by atoms with Crippen molar-refractivity contribution in [2.45, 2.75) is 45.6 Å². The van der Waals surface area contributed by atoms with Crippen LogP contribution in [0.5, 0.6) is 0 Å². The number of rotatable bonds is 5. The Morgan fingerprint density at radius 2 is 2.19 bits per heavy atom. The van der Waals surface area contributed by atoms with Gasteiger partial charge < -0.3 is 10.4 Å². The molecule has 1 amide bonds. The van der Waals surface area contributed by atoms with E-state index in [1.807, 2.05) is 30.8 Å². The number of nitrogens with one attached hydrogen (secondary N) is 2. The standard InChI is InChI=1S/C22H24N6O2S.CH4/c1-22(30)5-3-2-4-17(22)10-24-21(29)19-6-14(13-31-19)18-11-27-28-12-16(7-23-20(18)28)15-8-25-26-9-15;/h6-9,11-13,17,30H,2-5,10H2,1H3,(H,24,29)(H,25,26);1H4/t17-,22-;/m1./s1. The lowest BCUT2D eigenvalue weighted by Crippen LogP contribution is -2.44. The van der Waals surface area contributed by atoms with Crippen molar-refractivity contribution in [3.05, 3.63) is 47.3 Å². The Labute approximate surface area is 190 Å². The minimum Gasteiger partial charge on any atom is -0.390 e. The molecule has 1 aliphatic carbocycles. The zero-order valence-corrected chi connectivity index (χ0v) is 18.0. The Balaban J connectivity index is 0.00000245. The third-order valence-electron chi connectivity index (χ3n) is 6.20. The molecule has 0 saturated heterocycles. The number of aliphatic hydroxyl groups is 1. The Morgan fingerprint density at radius 1 is 1.31 bits per heavy atom. The summed E-state index contributed by atoms with van der Waals surface area (Å²) in [5, 5.41) is 26.7. The number of hydrogen-bond donors (Lipinski definition) is 3. The van der Waals surface area contributed by atoms with E-state index < -0.39 is 5.60 Å². The number of carbonyl (C=O) groups excluding carboxylic acids is 1. The van der Waals surface area contributed by atoms with Gasteiger partial charge in [-0.25, -0.2) is 9.50 Å². The Morgan fingerprint density at radius 3 is 2.97 bits per heavy atom. The third kappa shape index (κ3) is 4.18. The second-order valence-electron chi connectivity index (χ2n) is 8.37. The number of aromatic amines is 1. The number of carbonyl (C=O) groups is 1. The van der Waals surface area contributed by atoms with Gasteiger partial charge in [0.05, 0.1) is 22.9 Å². The minimum atomic E-state index is -0.704. The van der Waals surface area contributed by atoms with Gasteiger partial charge >= 0.3 is 0 Å². The maximum absolute atomic E-state index is 12.7. The molecular weight excluding hydrogens is 424 g/mol. The first kappa shape index (κ1) is 22.2. The van der Waals surface area contributed by atoms with Crippen LogP contribution in [0.3, 0.4) is 0 Å². The Hall–Kier alpha value is -3.04. The Bertz CT molecular complexity index is 1210. The highest BCUT2D eigenvalue weighted by atomic mass is 32.1.